The second kappa shape index (κ2) is 7.78. The molecule has 0 bridgehead atoms. The molecule has 4 rings (SSSR count). The van der Waals surface area contributed by atoms with Crippen molar-refractivity contribution in [2.24, 2.45) is 0 Å². The van der Waals surface area contributed by atoms with Crippen molar-refractivity contribution in [1.29, 1.82) is 0 Å². The molecule has 140 valence electrons. The fraction of sp³-hybridized carbons (Fsp3) is 0.0909. The van der Waals surface area contributed by atoms with Gasteiger partial charge in [-0.3, -0.25) is 9.59 Å². The number of fused-ring (bicyclic) bond motifs is 1. The number of amides is 1. The Morgan fingerprint density at radius 1 is 1.00 bits per heavy atom. The van der Waals surface area contributed by atoms with Crippen LogP contribution in [0.2, 0.25) is 0 Å². The zero-order valence-corrected chi connectivity index (χ0v) is 15.6. The van der Waals surface area contributed by atoms with E-state index in [0.717, 1.165) is 5.56 Å². The van der Waals surface area contributed by atoms with Gasteiger partial charge < -0.3 is 9.32 Å². The van der Waals surface area contributed by atoms with Gasteiger partial charge in [0.25, 0.3) is 5.91 Å². The van der Waals surface area contributed by atoms with Crippen molar-refractivity contribution < 1.29 is 13.6 Å². The van der Waals surface area contributed by atoms with Crippen LogP contribution in [0.1, 0.15) is 20.8 Å². The molecule has 0 aliphatic carbocycles. The lowest BCUT2D eigenvalue weighted by Crippen LogP contribution is -2.31. The van der Waals surface area contributed by atoms with E-state index < -0.39 is 0 Å². The van der Waals surface area contributed by atoms with E-state index in [1.54, 1.807) is 53.4 Å². The molecule has 0 radical (unpaired) electrons. The summed E-state index contributed by atoms with van der Waals surface area (Å²) in [5.41, 5.74) is 1.51. The highest BCUT2D eigenvalue weighted by Crippen LogP contribution is 2.18. The highest BCUT2D eigenvalue weighted by atomic mass is 32.1. The Morgan fingerprint density at radius 2 is 1.79 bits per heavy atom. The summed E-state index contributed by atoms with van der Waals surface area (Å²) < 4.78 is 18.8. The van der Waals surface area contributed by atoms with Crippen LogP contribution in [0.15, 0.2) is 81.5 Å². The summed E-state index contributed by atoms with van der Waals surface area (Å²) in [6.07, 6.45) is 1.41. The van der Waals surface area contributed by atoms with Gasteiger partial charge in [0.15, 0.2) is 5.43 Å². The van der Waals surface area contributed by atoms with Crippen LogP contribution in [0.25, 0.3) is 11.0 Å². The van der Waals surface area contributed by atoms with Gasteiger partial charge >= 0.3 is 0 Å². The number of hydrogen-bond acceptors (Lipinski definition) is 4. The topological polar surface area (TPSA) is 50.5 Å². The Kier molecular flexibility index (Phi) is 5.04. The first kappa shape index (κ1) is 18.1. The molecule has 1 amide bonds. The second-order valence-electron chi connectivity index (χ2n) is 6.35. The lowest BCUT2D eigenvalue weighted by Gasteiger charge is -2.22. The predicted molar refractivity (Wildman–Crippen MR) is 107 cm³/mol. The number of carbonyl (C=O) groups excluding carboxylic acids is 1. The summed E-state index contributed by atoms with van der Waals surface area (Å²) in [7, 11) is 0. The normalized spacial score (nSPS) is 10.9. The first-order valence-corrected chi connectivity index (χ1v) is 9.56. The van der Waals surface area contributed by atoms with Crippen LogP contribution in [-0.4, -0.2) is 10.8 Å². The maximum absolute atomic E-state index is 13.2. The van der Waals surface area contributed by atoms with Crippen LogP contribution in [0.3, 0.4) is 0 Å². The van der Waals surface area contributed by atoms with Crippen LogP contribution in [0, 0.1) is 5.82 Å². The maximum Gasteiger partial charge on any atom is 0.264 e. The van der Waals surface area contributed by atoms with E-state index in [2.05, 4.69) is 0 Å². The summed E-state index contributed by atoms with van der Waals surface area (Å²) in [6.45, 7) is 0.352. The predicted octanol–water partition coefficient (Wildman–Crippen LogP) is 4.84. The Morgan fingerprint density at radius 3 is 2.54 bits per heavy atom. The number of thiophene rings is 1. The van der Waals surface area contributed by atoms with Gasteiger partial charge in [0, 0.05) is 6.54 Å². The number of nitrogens with zero attached hydrogens (tertiary/aromatic N) is 1. The summed E-state index contributed by atoms with van der Waals surface area (Å²) >= 11 is 1.34. The number of carbonyl (C=O) groups is 1. The van der Waals surface area contributed by atoms with Gasteiger partial charge in [-0.2, -0.15) is 0 Å². The highest BCUT2D eigenvalue weighted by Gasteiger charge is 2.20. The molecule has 2 aromatic carbocycles. The van der Waals surface area contributed by atoms with Gasteiger partial charge in [-0.15, -0.1) is 11.3 Å². The quantitative estimate of drug-likeness (QED) is 0.488. The van der Waals surface area contributed by atoms with Gasteiger partial charge in [-0.05, 0) is 41.3 Å². The number of hydrogen-bond donors (Lipinski definition) is 0. The van der Waals surface area contributed by atoms with Crippen LogP contribution in [0.4, 0.5) is 4.39 Å². The van der Waals surface area contributed by atoms with Crippen LogP contribution < -0.4 is 5.43 Å². The summed E-state index contributed by atoms with van der Waals surface area (Å²) in [5.74, 6) is -0.526. The van der Waals surface area contributed by atoms with Crippen molar-refractivity contribution in [2.75, 3.05) is 0 Å². The number of benzene rings is 2. The third-order valence-electron chi connectivity index (χ3n) is 4.42. The van der Waals surface area contributed by atoms with E-state index >= 15 is 0 Å². The Hall–Kier alpha value is -3.25. The molecule has 0 aliphatic heterocycles. The van der Waals surface area contributed by atoms with Crippen molar-refractivity contribution in [3.05, 3.63) is 104 Å². The van der Waals surface area contributed by atoms with Crippen molar-refractivity contribution in [3.8, 4) is 0 Å². The molecule has 2 aromatic heterocycles. The number of para-hydroxylation sites is 1. The minimum absolute atomic E-state index is 0.0985. The molecular formula is C22H16FNO3S. The Bertz CT molecular complexity index is 1170. The number of rotatable bonds is 5. The van der Waals surface area contributed by atoms with E-state index in [-0.39, 0.29) is 30.2 Å². The van der Waals surface area contributed by atoms with E-state index in [9.17, 15) is 14.0 Å². The third kappa shape index (κ3) is 3.73. The Balaban J connectivity index is 1.69. The molecule has 0 fully saturated rings. The van der Waals surface area contributed by atoms with Gasteiger partial charge in [0.1, 0.15) is 11.4 Å². The SMILES string of the molecule is O=C(c1cccs1)N(Cc1ccc(F)cc1)Cc1coc2ccccc2c1=O. The van der Waals surface area contributed by atoms with Crippen LogP contribution >= 0.6 is 11.3 Å². The fourth-order valence-corrected chi connectivity index (χ4v) is 3.69. The van der Waals surface area contributed by atoms with E-state index in [4.69, 9.17) is 4.42 Å². The molecule has 0 atom stereocenters. The highest BCUT2D eigenvalue weighted by molar-refractivity contribution is 7.12. The summed E-state index contributed by atoms with van der Waals surface area (Å²) in [4.78, 5) is 28.0. The minimum atomic E-state index is -0.338. The molecule has 6 heteroatoms. The van der Waals surface area contributed by atoms with Gasteiger partial charge in [-0.1, -0.05) is 30.3 Å². The minimum Gasteiger partial charge on any atom is -0.464 e. The first-order valence-electron chi connectivity index (χ1n) is 8.68. The molecule has 28 heavy (non-hydrogen) atoms. The molecule has 0 unspecified atom stereocenters. The standard InChI is InChI=1S/C22H16FNO3S/c23-17-9-7-15(8-10-17)12-24(22(26)20-6-3-11-28-20)13-16-14-27-19-5-2-1-4-18(19)21(16)25/h1-11,14H,12-13H2. The molecule has 0 spiro atoms. The van der Waals surface area contributed by atoms with Gasteiger partial charge in [0.05, 0.1) is 28.6 Å². The van der Waals surface area contributed by atoms with Crippen LogP contribution in [0.5, 0.6) is 0 Å². The van der Waals surface area contributed by atoms with E-state index in [1.807, 2.05) is 5.38 Å². The zero-order chi connectivity index (χ0) is 19.5. The zero-order valence-electron chi connectivity index (χ0n) is 14.8. The second-order valence-corrected chi connectivity index (χ2v) is 7.30. The van der Waals surface area contributed by atoms with Gasteiger partial charge in [-0.25, -0.2) is 4.39 Å². The molecular weight excluding hydrogens is 377 g/mol. The van der Waals surface area contributed by atoms with Crippen molar-refractivity contribution in [1.82, 2.24) is 4.90 Å². The average molecular weight is 393 g/mol. The van der Waals surface area contributed by atoms with Crippen LogP contribution in [-0.2, 0) is 13.1 Å². The average Bonchev–Trinajstić information content (AvgIpc) is 3.25. The summed E-state index contributed by atoms with van der Waals surface area (Å²) in [6, 6.07) is 16.5. The number of halogens is 1. The molecule has 2 heterocycles. The molecule has 0 aliphatic rings. The lowest BCUT2D eigenvalue weighted by atomic mass is 10.1. The molecule has 4 nitrogen and oxygen atoms in total. The van der Waals surface area contributed by atoms with Crippen molar-refractivity contribution >= 4 is 28.2 Å². The molecule has 0 N–H and O–H groups in total. The van der Waals surface area contributed by atoms with Crippen molar-refractivity contribution in [3.63, 3.8) is 0 Å². The summed E-state index contributed by atoms with van der Waals surface area (Å²) in [5, 5.41) is 2.30. The monoisotopic (exact) mass is 393 g/mol. The lowest BCUT2D eigenvalue weighted by molar-refractivity contribution is 0.0734. The molecule has 4 aromatic rings. The van der Waals surface area contributed by atoms with E-state index in [1.165, 1.54) is 29.7 Å². The Labute approximate surface area is 164 Å². The first-order chi connectivity index (χ1) is 13.6. The fourth-order valence-electron chi connectivity index (χ4n) is 3.00. The van der Waals surface area contributed by atoms with Crippen molar-refractivity contribution in [2.45, 2.75) is 13.1 Å². The molecule has 0 saturated heterocycles. The van der Waals surface area contributed by atoms with Gasteiger partial charge in [0.2, 0.25) is 0 Å². The molecule has 0 saturated carbocycles. The smallest absolute Gasteiger partial charge is 0.264 e. The van der Waals surface area contributed by atoms with E-state index in [0.29, 0.717) is 21.4 Å². The largest absolute Gasteiger partial charge is 0.464 e. The third-order valence-corrected chi connectivity index (χ3v) is 5.28. The maximum atomic E-state index is 13.2.